The largest absolute Gasteiger partial charge is 0.490 e. The van der Waals surface area contributed by atoms with E-state index in [0.717, 1.165) is 35.6 Å². The van der Waals surface area contributed by atoms with Crippen LogP contribution in [-0.2, 0) is 4.79 Å². The molecule has 4 heteroatoms. The summed E-state index contributed by atoms with van der Waals surface area (Å²) in [7, 11) is 0. The highest BCUT2D eigenvalue weighted by molar-refractivity contribution is 5.94. The summed E-state index contributed by atoms with van der Waals surface area (Å²) >= 11 is 0. The number of anilines is 1. The molecule has 0 aromatic heterocycles. The van der Waals surface area contributed by atoms with Crippen LogP contribution in [0.5, 0.6) is 11.5 Å². The first-order chi connectivity index (χ1) is 12.7. The maximum atomic E-state index is 12.6. The average Bonchev–Trinajstić information content (AvgIpc) is 3.15. The van der Waals surface area contributed by atoms with Gasteiger partial charge in [-0.25, -0.2) is 0 Å². The average molecular weight is 353 g/mol. The van der Waals surface area contributed by atoms with Crippen LogP contribution < -0.4 is 14.8 Å². The molecule has 1 N–H and O–H groups in total. The number of para-hydroxylation sites is 1. The van der Waals surface area contributed by atoms with Gasteiger partial charge in [-0.1, -0.05) is 25.1 Å². The molecule has 0 saturated heterocycles. The molecule has 0 aliphatic heterocycles. The van der Waals surface area contributed by atoms with E-state index >= 15 is 0 Å². The molecule has 26 heavy (non-hydrogen) atoms. The Morgan fingerprint density at radius 1 is 1.12 bits per heavy atom. The zero-order valence-corrected chi connectivity index (χ0v) is 15.5. The van der Waals surface area contributed by atoms with Gasteiger partial charge >= 0.3 is 0 Å². The lowest BCUT2D eigenvalue weighted by Gasteiger charge is -2.19. The normalized spacial score (nSPS) is 15.5. The molecule has 1 aliphatic carbocycles. The fourth-order valence-electron chi connectivity index (χ4n) is 3.20. The summed E-state index contributed by atoms with van der Waals surface area (Å²) < 4.78 is 11.9. The fourth-order valence-corrected chi connectivity index (χ4v) is 3.20. The van der Waals surface area contributed by atoms with Gasteiger partial charge in [-0.2, -0.15) is 0 Å². The van der Waals surface area contributed by atoms with Crippen LogP contribution >= 0.6 is 0 Å². The molecule has 2 aromatic rings. The summed E-state index contributed by atoms with van der Waals surface area (Å²) in [6.45, 7) is 3.92. The number of ether oxygens (including phenoxy) is 2. The highest BCUT2D eigenvalue weighted by atomic mass is 16.5. The molecule has 0 bridgehead atoms. The van der Waals surface area contributed by atoms with Crippen molar-refractivity contribution >= 4 is 11.6 Å². The van der Waals surface area contributed by atoms with Crippen molar-refractivity contribution in [2.45, 2.75) is 58.2 Å². The summed E-state index contributed by atoms with van der Waals surface area (Å²) in [6, 6.07) is 15.3. The van der Waals surface area contributed by atoms with Crippen molar-refractivity contribution in [1.29, 1.82) is 0 Å². The fraction of sp³-hybridized carbons (Fsp3) is 0.409. The molecule has 1 amide bonds. The quantitative estimate of drug-likeness (QED) is 0.752. The van der Waals surface area contributed by atoms with E-state index in [4.69, 9.17) is 9.47 Å². The van der Waals surface area contributed by atoms with Gasteiger partial charge in [0.1, 0.15) is 11.5 Å². The Morgan fingerprint density at radius 2 is 1.81 bits per heavy atom. The number of hydrogen-bond donors (Lipinski definition) is 1. The Bertz CT molecular complexity index is 720. The standard InChI is InChI=1S/C22H27NO3/c1-3-20(26-21-11-7-4-8-16(21)2)22(24)23-17-12-14-19(15-13-17)25-18-9-5-6-10-18/h4,7-8,11-15,18,20H,3,5-6,9-10H2,1-2H3,(H,23,24). The van der Waals surface area contributed by atoms with E-state index in [2.05, 4.69) is 5.32 Å². The van der Waals surface area contributed by atoms with Crippen LogP contribution in [0.3, 0.4) is 0 Å². The molecular formula is C22H27NO3. The van der Waals surface area contributed by atoms with Crippen molar-refractivity contribution in [3.05, 3.63) is 54.1 Å². The second-order valence-electron chi connectivity index (χ2n) is 6.82. The topological polar surface area (TPSA) is 47.6 Å². The van der Waals surface area contributed by atoms with Gasteiger partial charge in [0.25, 0.3) is 5.91 Å². The monoisotopic (exact) mass is 353 g/mol. The number of carbonyl (C=O) groups is 1. The highest BCUT2D eigenvalue weighted by Gasteiger charge is 2.20. The van der Waals surface area contributed by atoms with Crippen LogP contribution in [-0.4, -0.2) is 18.1 Å². The number of amides is 1. The first kappa shape index (κ1) is 18.3. The maximum Gasteiger partial charge on any atom is 0.265 e. The maximum absolute atomic E-state index is 12.6. The Hall–Kier alpha value is -2.49. The van der Waals surface area contributed by atoms with Crippen LogP contribution in [0.4, 0.5) is 5.69 Å². The van der Waals surface area contributed by atoms with Gasteiger partial charge < -0.3 is 14.8 Å². The van der Waals surface area contributed by atoms with Crippen molar-refractivity contribution in [3.63, 3.8) is 0 Å². The number of benzene rings is 2. The van der Waals surface area contributed by atoms with Gasteiger partial charge in [0.05, 0.1) is 6.10 Å². The number of nitrogens with one attached hydrogen (secondary N) is 1. The second-order valence-corrected chi connectivity index (χ2v) is 6.82. The van der Waals surface area contributed by atoms with E-state index in [9.17, 15) is 4.79 Å². The molecule has 2 aromatic carbocycles. The van der Waals surface area contributed by atoms with E-state index in [0.29, 0.717) is 12.5 Å². The second kappa shape index (κ2) is 8.75. The predicted octanol–water partition coefficient (Wildman–Crippen LogP) is 5.11. The first-order valence-corrected chi connectivity index (χ1v) is 9.45. The summed E-state index contributed by atoms with van der Waals surface area (Å²) in [4.78, 5) is 12.6. The Labute approximate surface area is 155 Å². The van der Waals surface area contributed by atoms with Crippen molar-refractivity contribution in [2.75, 3.05) is 5.32 Å². The van der Waals surface area contributed by atoms with Gasteiger partial charge in [-0.15, -0.1) is 0 Å². The zero-order valence-electron chi connectivity index (χ0n) is 15.5. The molecule has 1 saturated carbocycles. The lowest BCUT2D eigenvalue weighted by molar-refractivity contribution is -0.122. The van der Waals surface area contributed by atoms with Crippen LogP contribution in [0.2, 0.25) is 0 Å². The molecule has 1 atom stereocenters. The van der Waals surface area contributed by atoms with Crippen molar-refractivity contribution in [3.8, 4) is 11.5 Å². The molecule has 1 fully saturated rings. The third-order valence-corrected chi connectivity index (χ3v) is 4.75. The lowest BCUT2D eigenvalue weighted by Crippen LogP contribution is -2.32. The minimum Gasteiger partial charge on any atom is -0.490 e. The summed E-state index contributed by atoms with van der Waals surface area (Å²) in [5.41, 5.74) is 1.77. The smallest absolute Gasteiger partial charge is 0.265 e. The Balaban J connectivity index is 1.58. The lowest BCUT2D eigenvalue weighted by atomic mass is 10.2. The third-order valence-electron chi connectivity index (χ3n) is 4.75. The Morgan fingerprint density at radius 3 is 2.46 bits per heavy atom. The van der Waals surface area contributed by atoms with Gasteiger partial charge in [0.2, 0.25) is 0 Å². The number of hydrogen-bond acceptors (Lipinski definition) is 3. The molecule has 138 valence electrons. The van der Waals surface area contributed by atoms with Crippen LogP contribution in [0.1, 0.15) is 44.6 Å². The van der Waals surface area contributed by atoms with Gasteiger partial charge in [0.15, 0.2) is 6.10 Å². The summed E-state index contributed by atoms with van der Waals surface area (Å²) in [6.07, 6.45) is 5.17. The SMILES string of the molecule is CCC(Oc1ccccc1C)C(=O)Nc1ccc(OC2CCCC2)cc1. The van der Waals surface area contributed by atoms with E-state index in [1.54, 1.807) is 0 Å². The first-order valence-electron chi connectivity index (χ1n) is 9.45. The molecule has 0 heterocycles. The van der Waals surface area contributed by atoms with Gasteiger partial charge in [-0.3, -0.25) is 4.79 Å². The number of carbonyl (C=O) groups excluding carboxylic acids is 1. The van der Waals surface area contributed by atoms with E-state index in [1.807, 2.05) is 62.4 Å². The van der Waals surface area contributed by atoms with E-state index < -0.39 is 6.10 Å². The van der Waals surface area contributed by atoms with Crippen LogP contribution in [0.25, 0.3) is 0 Å². The van der Waals surface area contributed by atoms with Crippen molar-refractivity contribution in [2.24, 2.45) is 0 Å². The van der Waals surface area contributed by atoms with Crippen molar-refractivity contribution in [1.82, 2.24) is 0 Å². The third kappa shape index (κ3) is 4.78. The zero-order chi connectivity index (χ0) is 18.4. The van der Waals surface area contributed by atoms with Gasteiger partial charge in [0, 0.05) is 5.69 Å². The molecule has 1 unspecified atom stereocenters. The molecule has 0 radical (unpaired) electrons. The number of rotatable bonds is 7. The molecule has 4 nitrogen and oxygen atoms in total. The minimum atomic E-state index is -0.523. The number of aryl methyl sites for hydroxylation is 1. The summed E-state index contributed by atoms with van der Waals surface area (Å²) in [5, 5.41) is 2.93. The highest BCUT2D eigenvalue weighted by Crippen LogP contribution is 2.25. The molecule has 3 rings (SSSR count). The molecule has 0 spiro atoms. The molecule has 1 aliphatic rings. The minimum absolute atomic E-state index is 0.139. The van der Waals surface area contributed by atoms with E-state index in [-0.39, 0.29) is 5.91 Å². The van der Waals surface area contributed by atoms with Crippen molar-refractivity contribution < 1.29 is 14.3 Å². The van der Waals surface area contributed by atoms with E-state index in [1.165, 1.54) is 12.8 Å². The summed E-state index contributed by atoms with van der Waals surface area (Å²) in [5.74, 6) is 1.47. The predicted molar refractivity (Wildman–Crippen MR) is 104 cm³/mol. The van der Waals surface area contributed by atoms with Crippen LogP contribution in [0.15, 0.2) is 48.5 Å². The van der Waals surface area contributed by atoms with Gasteiger partial charge in [-0.05, 0) is 74.9 Å². The van der Waals surface area contributed by atoms with Crippen LogP contribution in [0, 0.1) is 6.92 Å². The molecular weight excluding hydrogens is 326 g/mol. The Kier molecular flexibility index (Phi) is 6.16.